The number of nitrogens with zero attached hydrogens (tertiary/aromatic N) is 1. The van der Waals surface area contributed by atoms with Crippen molar-refractivity contribution < 1.29 is 14.3 Å². The second-order valence-corrected chi connectivity index (χ2v) is 6.62. The van der Waals surface area contributed by atoms with E-state index in [-0.39, 0.29) is 11.8 Å². The summed E-state index contributed by atoms with van der Waals surface area (Å²) < 4.78 is 5.12. The third kappa shape index (κ3) is 5.52. The van der Waals surface area contributed by atoms with Crippen molar-refractivity contribution in [2.75, 3.05) is 31.3 Å². The Morgan fingerprint density at radius 3 is 2.38 bits per heavy atom. The minimum absolute atomic E-state index is 0.0290. The molecule has 2 amide bonds. The lowest BCUT2D eigenvalue weighted by atomic mass is 10.1. The van der Waals surface area contributed by atoms with Gasteiger partial charge in [0.25, 0.3) is 5.91 Å². The van der Waals surface area contributed by atoms with E-state index in [9.17, 15) is 9.59 Å². The van der Waals surface area contributed by atoms with Crippen LogP contribution in [-0.4, -0.2) is 42.7 Å². The van der Waals surface area contributed by atoms with Gasteiger partial charge in [-0.05, 0) is 56.3 Å². The number of hydrogen-bond donors (Lipinski definition) is 1. The molecular formula is C20H24N2O3S. The third-order valence-corrected chi connectivity index (χ3v) is 4.89. The average Bonchev–Trinajstić information content (AvgIpc) is 2.68. The molecule has 2 rings (SSSR count). The van der Waals surface area contributed by atoms with Crippen molar-refractivity contribution in [3.63, 3.8) is 0 Å². The van der Waals surface area contributed by atoms with Gasteiger partial charge in [0, 0.05) is 29.2 Å². The number of carbonyl (C=O) groups is 2. The van der Waals surface area contributed by atoms with Crippen molar-refractivity contribution in [2.24, 2.45) is 0 Å². The molecule has 0 fully saturated rings. The van der Waals surface area contributed by atoms with E-state index in [0.29, 0.717) is 30.1 Å². The number of thioether (sulfide) groups is 1. The minimum atomic E-state index is -0.113. The number of carbonyl (C=O) groups excluding carboxylic acids is 2. The zero-order valence-electron chi connectivity index (χ0n) is 15.3. The fraction of sp³-hybridized carbons (Fsp3) is 0.300. The van der Waals surface area contributed by atoms with Crippen molar-refractivity contribution >= 4 is 29.3 Å². The van der Waals surface area contributed by atoms with Crippen LogP contribution >= 0.6 is 11.8 Å². The molecule has 0 aliphatic heterocycles. The first-order valence-corrected chi connectivity index (χ1v) is 9.52. The van der Waals surface area contributed by atoms with Crippen LogP contribution in [0.15, 0.2) is 53.4 Å². The van der Waals surface area contributed by atoms with Crippen LogP contribution < -0.4 is 10.1 Å². The molecule has 0 aliphatic carbocycles. The summed E-state index contributed by atoms with van der Waals surface area (Å²) >= 11 is 1.45. The Morgan fingerprint density at radius 2 is 1.77 bits per heavy atom. The molecule has 2 aromatic carbocycles. The van der Waals surface area contributed by atoms with Crippen LogP contribution in [-0.2, 0) is 4.79 Å². The van der Waals surface area contributed by atoms with E-state index in [4.69, 9.17) is 4.74 Å². The molecule has 0 heterocycles. The van der Waals surface area contributed by atoms with E-state index >= 15 is 0 Å². The van der Waals surface area contributed by atoms with Crippen molar-refractivity contribution in [2.45, 2.75) is 18.7 Å². The number of rotatable bonds is 8. The van der Waals surface area contributed by atoms with Crippen LogP contribution in [0.1, 0.15) is 24.2 Å². The number of anilines is 1. The maximum atomic E-state index is 12.4. The summed E-state index contributed by atoms with van der Waals surface area (Å²) in [6, 6.07) is 14.6. The molecule has 0 aromatic heterocycles. The molecular weight excluding hydrogens is 348 g/mol. The third-order valence-electron chi connectivity index (χ3n) is 3.87. The second-order valence-electron chi connectivity index (χ2n) is 5.57. The van der Waals surface area contributed by atoms with E-state index in [1.807, 2.05) is 38.1 Å². The van der Waals surface area contributed by atoms with Gasteiger partial charge in [-0.15, -0.1) is 11.8 Å². The summed E-state index contributed by atoms with van der Waals surface area (Å²) in [6.07, 6.45) is 0. The molecule has 26 heavy (non-hydrogen) atoms. The molecule has 1 N–H and O–H groups in total. The zero-order valence-corrected chi connectivity index (χ0v) is 16.1. The lowest BCUT2D eigenvalue weighted by Gasteiger charge is -2.19. The number of amides is 2. The van der Waals surface area contributed by atoms with Gasteiger partial charge in [-0.3, -0.25) is 9.59 Å². The summed E-state index contributed by atoms with van der Waals surface area (Å²) in [4.78, 5) is 27.3. The van der Waals surface area contributed by atoms with Gasteiger partial charge in [0.15, 0.2) is 0 Å². The van der Waals surface area contributed by atoms with Gasteiger partial charge in [-0.1, -0.05) is 6.07 Å². The van der Waals surface area contributed by atoms with Gasteiger partial charge in [0.05, 0.1) is 12.9 Å². The topological polar surface area (TPSA) is 58.6 Å². The fourth-order valence-corrected chi connectivity index (χ4v) is 3.14. The SMILES string of the molecule is CCN(CC)C(=O)c1cccc(NC(=O)CSc2ccc(OC)cc2)c1. The highest BCUT2D eigenvalue weighted by atomic mass is 32.2. The Labute approximate surface area is 158 Å². The second kappa shape index (κ2) is 9.87. The average molecular weight is 372 g/mol. The van der Waals surface area contributed by atoms with E-state index in [0.717, 1.165) is 10.6 Å². The number of ether oxygens (including phenoxy) is 1. The first kappa shape index (κ1) is 19.8. The molecule has 0 unspecified atom stereocenters. The van der Waals surface area contributed by atoms with Gasteiger partial charge in [0.1, 0.15) is 5.75 Å². The van der Waals surface area contributed by atoms with Gasteiger partial charge in [-0.25, -0.2) is 0 Å². The van der Waals surface area contributed by atoms with Crippen LogP contribution in [0.3, 0.4) is 0 Å². The maximum absolute atomic E-state index is 12.4. The largest absolute Gasteiger partial charge is 0.497 e. The molecule has 0 bridgehead atoms. The lowest BCUT2D eigenvalue weighted by molar-refractivity contribution is -0.113. The van der Waals surface area contributed by atoms with E-state index in [2.05, 4.69) is 5.32 Å². The minimum Gasteiger partial charge on any atom is -0.497 e. The van der Waals surface area contributed by atoms with Crippen molar-refractivity contribution in [3.05, 3.63) is 54.1 Å². The van der Waals surface area contributed by atoms with E-state index in [1.165, 1.54) is 11.8 Å². The van der Waals surface area contributed by atoms with Crippen LogP contribution in [0, 0.1) is 0 Å². The highest BCUT2D eigenvalue weighted by Crippen LogP contribution is 2.21. The van der Waals surface area contributed by atoms with Gasteiger partial charge >= 0.3 is 0 Å². The van der Waals surface area contributed by atoms with Gasteiger partial charge in [-0.2, -0.15) is 0 Å². The van der Waals surface area contributed by atoms with E-state index in [1.54, 1.807) is 36.3 Å². The van der Waals surface area contributed by atoms with Crippen molar-refractivity contribution in [1.82, 2.24) is 4.90 Å². The van der Waals surface area contributed by atoms with Crippen molar-refractivity contribution in [3.8, 4) is 5.75 Å². The molecule has 0 saturated carbocycles. The summed E-state index contributed by atoms with van der Waals surface area (Å²) in [5.41, 5.74) is 1.21. The van der Waals surface area contributed by atoms with Gasteiger partial charge in [0.2, 0.25) is 5.91 Å². The Kier molecular flexibility index (Phi) is 7.53. The first-order chi connectivity index (χ1) is 12.6. The summed E-state index contributed by atoms with van der Waals surface area (Å²) in [7, 11) is 1.62. The number of nitrogens with one attached hydrogen (secondary N) is 1. The fourth-order valence-electron chi connectivity index (χ4n) is 2.44. The molecule has 0 aliphatic rings. The highest BCUT2D eigenvalue weighted by molar-refractivity contribution is 8.00. The predicted octanol–water partition coefficient (Wildman–Crippen LogP) is 3.91. The molecule has 0 atom stereocenters. The maximum Gasteiger partial charge on any atom is 0.253 e. The molecule has 0 spiro atoms. The predicted molar refractivity (Wildman–Crippen MR) is 106 cm³/mol. The molecule has 138 valence electrons. The quantitative estimate of drug-likeness (QED) is 0.714. The normalized spacial score (nSPS) is 10.3. The Balaban J connectivity index is 1.94. The molecule has 5 nitrogen and oxygen atoms in total. The Bertz CT molecular complexity index is 743. The van der Waals surface area contributed by atoms with Crippen LogP contribution in [0.2, 0.25) is 0 Å². The number of benzene rings is 2. The molecule has 6 heteroatoms. The molecule has 0 saturated heterocycles. The lowest BCUT2D eigenvalue weighted by Crippen LogP contribution is -2.30. The standard InChI is InChI=1S/C20H24N2O3S/c1-4-22(5-2)20(24)15-7-6-8-16(13-15)21-19(23)14-26-18-11-9-17(25-3)10-12-18/h6-13H,4-5,14H2,1-3H3,(H,21,23). The monoisotopic (exact) mass is 372 g/mol. The van der Waals surface area contributed by atoms with Crippen molar-refractivity contribution in [1.29, 1.82) is 0 Å². The van der Waals surface area contributed by atoms with Gasteiger partial charge < -0.3 is 15.0 Å². The molecule has 2 aromatic rings. The number of hydrogen-bond acceptors (Lipinski definition) is 4. The first-order valence-electron chi connectivity index (χ1n) is 8.53. The summed E-state index contributed by atoms with van der Waals surface area (Å²) in [6.45, 7) is 5.21. The Morgan fingerprint density at radius 1 is 1.08 bits per heavy atom. The smallest absolute Gasteiger partial charge is 0.253 e. The number of methoxy groups -OCH3 is 1. The van der Waals surface area contributed by atoms with Crippen LogP contribution in [0.5, 0.6) is 5.75 Å². The highest BCUT2D eigenvalue weighted by Gasteiger charge is 2.13. The zero-order chi connectivity index (χ0) is 18.9. The van der Waals surface area contributed by atoms with Crippen LogP contribution in [0.4, 0.5) is 5.69 Å². The summed E-state index contributed by atoms with van der Waals surface area (Å²) in [5.74, 6) is 0.936. The summed E-state index contributed by atoms with van der Waals surface area (Å²) in [5, 5.41) is 2.85. The molecule has 0 radical (unpaired) electrons. The van der Waals surface area contributed by atoms with Crippen LogP contribution in [0.25, 0.3) is 0 Å². The Hall–Kier alpha value is -2.47. The van der Waals surface area contributed by atoms with E-state index < -0.39 is 0 Å².